The molecule has 3 aromatic rings. The minimum Gasteiger partial charge on any atom is -0.464 e. The summed E-state index contributed by atoms with van der Waals surface area (Å²) in [5.74, 6) is -3.12. The maximum Gasteiger partial charge on any atom is 0.340 e. The first kappa shape index (κ1) is 22.7. The monoisotopic (exact) mass is 462 g/mol. The van der Waals surface area contributed by atoms with Crippen molar-refractivity contribution in [1.82, 2.24) is 15.7 Å². The largest absolute Gasteiger partial charge is 0.464 e. The minimum atomic E-state index is -1.64. The van der Waals surface area contributed by atoms with Gasteiger partial charge < -0.3 is 19.8 Å². The predicted octanol–water partition coefficient (Wildman–Crippen LogP) is 2.14. The van der Waals surface area contributed by atoms with Crippen LogP contribution in [0.3, 0.4) is 0 Å². The fourth-order valence-corrected chi connectivity index (χ4v) is 3.72. The van der Waals surface area contributed by atoms with E-state index in [0.29, 0.717) is 16.5 Å². The Bertz CT molecular complexity index is 1290. The molecule has 2 aromatic carbocycles. The van der Waals surface area contributed by atoms with Gasteiger partial charge in [-0.2, -0.15) is 5.10 Å². The number of aromatic nitrogens is 1. The summed E-state index contributed by atoms with van der Waals surface area (Å²) in [6.07, 6.45) is 1.55. The lowest BCUT2D eigenvalue weighted by molar-refractivity contribution is -0.157. The lowest BCUT2D eigenvalue weighted by atomic mass is 9.99. The first-order valence-electron chi connectivity index (χ1n) is 10.7. The minimum absolute atomic E-state index is 0.0222. The number of carbonyl (C=O) groups is 4. The Morgan fingerprint density at radius 1 is 1.03 bits per heavy atom. The zero-order chi connectivity index (χ0) is 24.2. The van der Waals surface area contributed by atoms with Gasteiger partial charge in [-0.15, -0.1) is 0 Å². The topological polar surface area (TPSA) is 139 Å². The molecule has 3 N–H and O–H groups in total. The third-order valence-electron chi connectivity index (χ3n) is 5.19. The molecule has 0 saturated heterocycles. The lowest BCUT2D eigenvalue weighted by Gasteiger charge is -2.16. The predicted molar refractivity (Wildman–Crippen MR) is 123 cm³/mol. The molecule has 0 unspecified atom stereocenters. The molecule has 1 aromatic heterocycles. The molecule has 10 nitrogen and oxygen atoms in total. The van der Waals surface area contributed by atoms with Crippen LogP contribution in [0.15, 0.2) is 47.6 Å². The van der Waals surface area contributed by atoms with Gasteiger partial charge in [0, 0.05) is 22.0 Å². The second-order valence-corrected chi connectivity index (χ2v) is 7.34. The van der Waals surface area contributed by atoms with E-state index in [-0.39, 0.29) is 24.3 Å². The number of nitrogens with zero attached hydrogens (tertiary/aromatic N) is 1. The van der Waals surface area contributed by atoms with Gasteiger partial charge in [0.25, 0.3) is 11.8 Å². The van der Waals surface area contributed by atoms with Gasteiger partial charge in [-0.05, 0) is 31.5 Å². The Kier molecular flexibility index (Phi) is 6.39. The molecule has 1 aliphatic rings. The number of rotatable bonds is 7. The van der Waals surface area contributed by atoms with Crippen LogP contribution in [0.4, 0.5) is 0 Å². The molecule has 0 aliphatic carbocycles. The Morgan fingerprint density at radius 2 is 1.71 bits per heavy atom. The molecule has 0 atom stereocenters. The third-order valence-corrected chi connectivity index (χ3v) is 5.19. The molecule has 10 heteroatoms. The van der Waals surface area contributed by atoms with Crippen LogP contribution < -0.4 is 10.7 Å². The maximum absolute atomic E-state index is 13.1. The van der Waals surface area contributed by atoms with E-state index < -0.39 is 29.8 Å². The second-order valence-electron chi connectivity index (χ2n) is 7.34. The van der Waals surface area contributed by atoms with Crippen LogP contribution in [-0.2, 0) is 19.1 Å². The summed E-state index contributed by atoms with van der Waals surface area (Å²) in [5.41, 5.74) is 5.52. The molecule has 174 valence electrons. The average Bonchev–Trinajstić information content (AvgIpc) is 3.11. The highest BCUT2D eigenvalue weighted by atomic mass is 16.6. The summed E-state index contributed by atoms with van der Waals surface area (Å²) in [5, 5.41) is 6.95. The van der Waals surface area contributed by atoms with Crippen molar-refractivity contribution < 1.29 is 28.7 Å². The Morgan fingerprint density at radius 3 is 2.35 bits per heavy atom. The fourth-order valence-electron chi connectivity index (χ4n) is 3.72. The molecule has 0 bridgehead atoms. The number of amides is 2. The highest BCUT2D eigenvalue weighted by Gasteiger charge is 2.32. The normalized spacial score (nSPS) is 12.3. The van der Waals surface area contributed by atoms with Crippen molar-refractivity contribution in [3.05, 3.63) is 59.2 Å². The Labute approximate surface area is 194 Å². The van der Waals surface area contributed by atoms with Crippen LogP contribution in [0.25, 0.3) is 22.2 Å². The van der Waals surface area contributed by atoms with Gasteiger partial charge in [0.05, 0.1) is 30.7 Å². The molecular weight excluding hydrogens is 440 g/mol. The summed E-state index contributed by atoms with van der Waals surface area (Å²) < 4.78 is 9.79. The molecule has 2 amide bonds. The summed E-state index contributed by atoms with van der Waals surface area (Å²) in [6, 6.07) is 10.8. The van der Waals surface area contributed by atoms with Crippen LogP contribution in [0.5, 0.6) is 0 Å². The fraction of sp³-hybridized carbons (Fsp3) is 0.208. The SMILES string of the molecule is CCOC(=O)C(NC(=O)c1cc2c3c(c(-c4ccccc4)[nH]c3c1)C=NNC2=O)C(=O)OCC. The Hall–Kier alpha value is -4.47. The number of hydrazone groups is 1. The molecule has 0 radical (unpaired) electrons. The van der Waals surface area contributed by atoms with Crippen LogP contribution in [0.2, 0.25) is 0 Å². The van der Waals surface area contributed by atoms with E-state index >= 15 is 0 Å². The Balaban J connectivity index is 1.77. The van der Waals surface area contributed by atoms with Crippen molar-refractivity contribution in [2.45, 2.75) is 19.9 Å². The van der Waals surface area contributed by atoms with Crippen molar-refractivity contribution in [3.63, 3.8) is 0 Å². The molecule has 4 rings (SSSR count). The average molecular weight is 462 g/mol. The van der Waals surface area contributed by atoms with Crippen molar-refractivity contribution in [2.24, 2.45) is 5.10 Å². The van der Waals surface area contributed by atoms with Gasteiger partial charge in [-0.1, -0.05) is 30.3 Å². The van der Waals surface area contributed by atoms with Gasteiger partial charge >= 0.3 is 11.9 Å². The van der Waals surface area contributed by atoms with Gasteiger partial charge in [0.2, 0.25) is 6.04 Å². The molecule has 34 heavy (non-hydrogen) atoms. The summed E-state index contributed by atoms with van der Waals surface area (Å²) >= 11 is 0. The highest BCUT2D eigenvalue weighted by molar-refractivity contribution is 6.19. The summed E-state index contributed by atoms with van der Waals surface area (Å²) in [6.45, 7) is 3.21. The first-order chi connectivity index (χ1) is 16.4. The molecule has 0 fully saturated rings. The number of benzene rings is 2. The maximum atomic E-state index is 13.1. The van der Waals surface area contributed by atoms with Gasteiger partial charge in [-0.3, -0.25) is 9.59 Å². The van der Waals surface area contributed by atoms with E-state index in [1.165, 1.54) is 6.07 Å². The number of carbonyl (C=O) groups excluding carboxylic acids is 4. The number of esters is 2. The van der Waals surface area contributed by atoms with Crippen molar-refractivity contribution in [2.75, 3.05) is 13.2 Å². The number of ether oxygens (including phenoxy) is 2. The van der Waals surface area contributed by atoms with E-state index in [1.54, 1.807) is 26.1 Å². The number of hydrogen-bond acceptors (Lipinski definition) is 7. The van der Waals surface area contributed by atoms with Gasteiger partial charge in [0.15, 0.2) is 0 Å². The van der Waals surface area contributed by atoms with Crippen LogP contribution in [-0.4, -0.2) is 54.2 Å². The smallest absolute Gasteiger partial charge is 0.340 e. The van der Waals surface area contributed by atoms with Crippen LogP contribution >= 0.6 is 0 Å². The molecular formula is C24H22N4O6. The molecule has 1 aliphatic heterocycles. The van der Waals surface area contributed by atoms with E-state index in [1.807, 2.05) is 30.3 Å². The summed E-state index contributed by atoms with van der Waals surface area (Å²) in [4.78, 5) is 53.5. The number of nitrogens with one attached hydrogen (secondary N) is 3. The quantitative estimate of drug-likeness (QED) is 0.363. The van der Waals surface area contributed by atoms with Crippen molar-refractivity contribution >= 4 is 40.9 Å². The standard InChI is InChI=1S/C24H22N4O6/c1-3-33-23(31)20(24(32)34-4-2)27-21(29)14-10-15-18-16(12-25-28-22(15)30)19(26-17(18)11-14)13-8-6-5-7-9-13/h5-12,20,26H,3-4H2,1-2H3,(H,27,29)(H,28,30). The third kappa shape index (κ3) is 4.25. The second kappa shape index (κ2) is 9.57. The highest BCUT2D eigenvalue weighted by Crippen LogP contribution is 2.33. The molecule has 0 spiro atoms. The van der Waals surface area contributed by atoms with E-state index in [9.17, 15) is 19.2 Å². The molecule has 2 heterocycles. The number of hydrogen-bond donors (Lipinski definition) is 3. The number of H-pyrrole nitrogens is 1. The van der Waals surface area contributed by atoms with Gasteiger partial charge in [-0.25, -0.2) is 15.0 Å². The van der Waals surface area contributed by atoms with Crippen molar-refractivity contribution in [1.29, 1.82) is 0 Å². The van der Waals surface area contributed by atoms with Gasteiger partial charge in [0.1, 0.15) is 0 Å². The zero-order valence-corrected chi connectivity index (χ0v) is 18.5. The van der Waals surface area contributed by atoms with E-state index in [2.05, 4.69) is 20.8 Å². The first-order valence-corrected chi connectivity index (χ1v) is 10.7. The lowest BCUT2D eigenvalue weighted by Crippen LogP contribution is -2.48. The van der Waals surface area contributed by atoms with E-state index in [0.717, 1.165) is 11.3 Å². The number of aromatic amines is 1. The van der Waals surface area contributed by atoms with E-state index in [4.69, 9.17) is 9.47 Å². The van der Waals surface area contributed by atoms with Crippen LogP contribution in [0, 0.1) is 0 Å². The summed E-state index contributed by atoms with van der Waals surface area (Å²) in [7, 11) is 0. The zero-order valence-electron chi connectivity index (χ0n) is 18.5. The van der Waals surface area contributed by atoms with Crippen LogP contribution in [0.1, 0.15) is 40.1 Å². The molecule has 0 saturated carbocycles. The van der Waals surface area contributed by atoms with Crippen molar-refractivity contribution in [3.8, 4) is 11.3 Å².